The van der Waals surface area contributed by atoms with E-state index in [0.29, 0.717) is 23.7 Å². The van der Waals surface area contributed by atoms with Crippen molar-refractivity contribution in [1.29, 1.82) is 0 Å². The Kier molecular flexibility index (Phi) is 26.1. The number of hydrogen-bond donors (Lipinski definition) is 0. The van der Waals surface area contributed by atoms with Crippen LogP contribution in [-0.2, 0) is 0 Å². The second-order valence-corrected chi connectivity index (χ2v) is 23.3. The van der Waals surface area contributed by atoms with Crippen LogP contribution in [0.5, 0.6) is 0 Å². The molecule has 6 unspecified atom stereocenters. The molecule has 6 fully saturated rings. The van der Waals surface area contributed by atoms with Gasteiger partial charge in [0.2, 0.25) is 0 Å². The van der Waals surface area contributed by atoms with E-state index in [1.165, 1.54) is 225 Å². The predicted molar refractivity (Wildman–Crippen MR) is 270 cm³/mol. The second-order valence-electron chi connectivity index (χ2n) is 23.3. The third-order valence-electron chi connectivity index (χ3n) is 18.5. The highest BCUT2D eigenvalue weighted by Gasteiger charge is 2.34. The zero-order valence-electron chi connectivity index (χ0n) is 42.4. The predicted octanol–water partition coefficient (Wildman–Crippen LogP) is 19.4. The van der Waals surface area contributed by atoms with Crippen molar-refractivity contribution < 1.29 is 8.78 Å². The Hall–Kier alpha value is -1.02. The van der Waals surface area contributed by atoms with Gasteiger partial charge in [0, 0.05) is 11.8 Å². The SMILES string of the molecule is CCCCCC1CCC(C2CCC(C#CC3CCC(CCCCC)CC3F)CC2)CC1.CCCCCCC1CCC(C2CCC(C#CC3CCC(CCCCC)CC3F)CC2)CC1. The normalized spacial score (nSPS) is 36.2. The summed E-state index contributed by atoms with van der Waals surface area (Å²) in [4.78, 5) is 0. The van der Waals surface area contributed by atoms with Gasteiger partial charge in [0.15, 0.2) is 0 Å². The van der Waals surface area contributed by atoms with Gasteiger partial charge in [-0.25, -0.2) is 8.78 Å². The lowest BCUT2D eigenvalue weighted by Crippen LogP contribution is -2.26. The lowest BCUT2D eigenvalue weighted by Gasteiger charge is -2.37. The molecule has 362 valence electrons. The molecule has 0 radical (unpaired) electrons. The third-order valence-corrected chi connectivity index (χ3v) is 18.5. The van der Waals surface area contributed by atoms with E-state index in [4.69, 9.17) is 0 Å². The number of alkyl halides is 2. The highest BCUT2D eigenvalue weighted by Crippen LogP contribution is 2.44. The first-order valence-corrected chi connectivity index (χ1v) is 29.2. The molecular weight excluding hydrogens is 771 g/mol. The van der Waals surface area contributed by atoms with Crippen molar-refractivity contribution in [1.82, 2.24) is 0 Å². The maximum absolute atomic E-state index is 14.7. The standard InChI is InChI=1S/C31H53F.C30H51F/c1-3-5-7-9-10-25-12-18-28(19-13-25)29-20-14-26(15-21-29)16-22-30-23-17-27(24-31(30)32)11-8-6-4-2;1-3-5-7-9-24-11-17-27(18-12-24)28-19-13-25(14-20-28)15-21-29-22-16-26(23-30(29)31)10-8-6-4-2/h25-31H,3-15,17-21,23-24H2,1-2H3;24-30H,3-14,16-20,22-23H2,1-2H3. The summed E-state index contributed by atoms with van der Waals surface area (Å²) in [6.07, 6.45) is 50.3. The minimum absolute atomic E-state index is 0.0303. The zero-order valence-corrected chi connectivity index (χ0v) is 42.4. The van der Waals surface area contributed by atoms with Gasteiger partial charge in [-0.15, -0.1) is 0 Å². The van der Waals surface area contributed by atoms with E-state index in [1.807, 2.05) is 0 Å². The molecule has 0 aromatic heterocycles. The van der Waals surface area contributed by atoms with E-state index >= 15 is 0 Å². The Morgan fingerprint density at radius 1 is 0.302 bits per heavy atom. The van der Waals surface area contributed by atoms with Crippen LogP contribution in [0.3, 0.4) is 0 Å². The molecule has 0 N–H and O–H groups in total. The first-order valence-electron chi connectivity index (χ1n) is 29.2. The molecule has 0 aliphatic heterocycles. The molecule has 0 aromatic rings. The van der Waals surface area contributed by atoms with E-state index in [1.54, 1.807) is 0 Å². The fourth-order valence-electron chi connectivity index (χ4n) is 14.0. The monoisotopic (exact) mass is 875 g/mol. The average Bonchev–Trinajstić information content (AvgIpc) is 3.31. The third kappa shape index (κ3) is 19.6. The van der Waals surface area contributed by atoms with E-state index in [-0.39, 0.29) is 11.8 Å². The van der Waals surface area contributed by atoms with Crippen molar-refractivity contribution in [3.8, 4) is 23.7 Å². The van der Waals surface area contributed by atoms with Crippen LogP contribution in [0.15, 0.2) is 0 Å². The Bertz CT molecular complexity index is 1260. The zero-order chi connectivity index (χ0) is 44.5. The molecule has 0 amide bonds. The molecule has 6 aliphatic carbocycles. The van der Waals surface area contributed by atoms with Crippen molar-refractivity contribution in [2.24, 2.45) is 71.0 Å². The Labute approximate surface area is 392 Å². The van der Waals surface area contributed by atoms with Crippen LogP contribution >= 0.6 is 0 Å². The number of halogens is 2. The summed E-state index contributed by atoms with van der Waals surface area (Å²) in [6, 6.07) is 0. The molecule has 6 atom stereocenters. The number of rotatable bonds is 19. The van der Waals surface area contributed by atoms with Crippen molar-refractivity contribution in [2.45, 2.75) is 290 Å². The summed E-state index contributed by atoms with van der Waals surface area (Å²) in [7, 11) is 0. The molecule has 0 aromatic carbocycles. The number of unbranched alkanes of at least 4 members (excludes halogenated alkanes) is 9. The Morgan fingerprint density at radius 2 is 0.587 bits per heavy atom. The Balaban J connectivity index is 0.000000238. The van der Waals surface area contributed by atoms with Crippen molar-refractivity contribution in [2.75, 3.05) is 0 Å². The summed E-state index contributed by atoms with van der Waals surface area (Å²) in [5.41, 5.74) is 0. The topological polar surface area (TPSA) is 0 Å². The van der Waals surface area contributed by atoms with Gasteiger partial charge in [0.05, 0.1) is 11.8 Å². The van der Waals surface area contributed by atoms with Crippen molar-refractivity contribution in [3.05, 3.63) is 0 Å². The van der Waals surface area contributed by atoms with E-state index in [2.05, 4.69) is 51.4 Å². The summed E-state index contributed by atoms with van der Waals surface area (Å²) < 4.78 is 29.4. The van der Waals surface area contributed by atoms with Crippen LogP contribution in [0.4, 0.5) is 8.78 Å². The largest absolute Gasteiger partial charge is 0.246 e. The highest BCUT2D eigenvalue weighted by molar-refractivity contribution is 5.12. The molecule has 6 saturated carbocycles. The Morgan fingerprint density at radius 3 is 0.921 bits per heavy atom. The fourth-order valence-corrected chi connectivity index (χ4v) is 14.0. The molecule has 63 heavy (non-hydrogen) atoms. The summed E-state index contributed by atoms with van der Waals surface area (Å²) >= 11 is 0. The van der Waals surface area contributed by atoms with Crippen LogP contribution in [0.25, 0.3) is 0 Å². The molecule has 0 nitrogen and oxygen atoms in total. The maximum atomic E-state index is 14.7. The molecular formula is C61H104F2. The smallest absolute Gasteiger partial charge is 0.114 e. The molecule has 6 rings (SSSR count). The first-order chi connectivity index (χ1) is 30.9. The second kappa shape index (κ2) is 31.1. The van der Waals surface area contributed by atoms with Gasteiger partial charge in [-0.2, -0.15) is 0 Å². The van der Waals surface area contributed by atoms with Crippen LogP contribution in [0.1, 0.15) is 278 Å². The van der Waals surface area contributed by atoms with Crippen LogP contribution in [-0.4, -0.2) is 12.3 Å². The van der Waals surface area contributed by atoms with Crippen LogP contribution in [0.2, 0.25) is 0 Å². The van der Waals surface area contributed by atoms with Gasteiger partial charge in [-0.1, -0.05) is 186 Å². The fraction of sp³-hybridized carbons (Fsp3) is 0.934. The number of hydrogen-bond acceptors (Lipinski definition) is 0. The van der Waals surface area contributed by atoms with Gasteiger partial charge in [-0.05, 0) is 163 Å². The minimum atomic E-state index is -0.670. The summed E-state index contributed by atoms with van der Waals surface area (Å²) in [5, 5.41) is 0. The van der Waals surface area contributed by atoms with Crippen molar-refractivity contribution in [3.63, 3.8) is 0 Å². The quantitative estimate of drug-likeness (QED) is 0.0896. The van der Waals surface area contributed by atoms with Crippen LogP contribution in [0, 0.1) is 94.7 Å². The molecule has 0 spiro atoms. The van der Waals surface area contributed by atoms with Gasteiger partial charge in [0.25, 0.3) is 0 Å². The lowest BCUT2D eigenvalue weighted by molar-refractivity contribution is 0.149. The van der Waals surface area contributed by atoms with E-state index in [0.717, 1.165) is 61.2 Å². The average molecular weight is 875 g/mol. The minimum Gasteiger partial charge on any atom is -0.246 e. The van der Waals surface area contributed by atoms with Gasteiger partial charge >= 0.3 is 0 Å². The van der Waals surface area contributed by atoms with Crippen molar-refractivity contribution >= 4 is 0 Å². The van der Waals surface area contributed by atoms with Gasteiger partial charge in [0.1, 0.15) is 12.3 Å². The maximum Gasteiger partial charge on any atom is 0.114 e. The summed E-state index contributed by atoms with van der Waals surface area (Å²) in [5.74, 6) is 22.4. The van der Waals surface area contributed by atoms with Gasteiger partial charge in [-0.3, -0.25) is 0 Å². The molecule has 6 aliphatic rings. The molecule has 0 heterocycles. The molecule has 0 saturated heterocycles. The van der Waals surface area contributed by atoms with E-state index in [9.17, 15) is 8.78 Å². The van der Waals surface area contributed by atoms with Crippen LogP contribution < -0.4 is 0 Å². The summed E-state index contributed by atoms with van der Waals surface area (Å²) in [6.45, 7) is 9.12. The molecule has 2 heteroatoms. The lowest BCUT2D eigenvalue weighted by atomic mass is 9.68. The highest BCUT2D eigenvalue weighted by atomic mass is 19.1. The molecule has 0 bridgehead atoms. The van der Waals surface area contributed by atoms with Gasteiger partial charge < -0.3 is 0 Å². The first kappa shape index (κ1) is 52.9. The van der Waals surface area contributed by atoms with E-state index < -0.39 is 12.3 Å².